The molecular formula is C60H72FN9O9S. The number of H-pyrrole nitrogens is 1. The van der Waals surface area contributed by atoms with Crippen LogP contribution in [0.3, 0.4) is 0 Å². The summed E-state index contributed by atoms with van der Waals surface area (Å²) in [6.07, 6.45) is 11.3. The van der Waals surface area contributed by atoms with Gasteiger partial charge in [-0.3, -0.25) is 24.7 Å². The monoisotopic (exact) mass is 1110 g/mol. The number of halogens is 1. The fourth-order valence-electron chi connectivity index (χ4n) is 12.9. The molecular weight excluding hydrogens is 1040 g/mol. The lowest BCUT2D eigenvalue weighted by Crippen LogP contribution is -2.60. The van der Waals surface area contributed by atoms with Gasteiger partial charge in [0.1, 0.15) is 27.9 Å². The molecule has 1 amide bonds. The van der Waals surface area contributed by atoms with Crippen LogP contribution >= 0.6 is 0 Å². The van der Waals surface area contributed by atoms with E-state index in [-0.39, 0.29) is 57.2 Å². The Morgan fingerprint density at radius 2 is 1.69 bits per heavy atom. The lowest BCUT2D eigenvalue weighted by Gasteiger charge is -2.58. The number of methoxy groups -OCH3 is 2. The van der Waals surface area contributed by atoms with Gasteiger partial charge in [-0.1, -0.05) is 50.2 Å². The third-order valence-corrected chi connectivity index (χ3v) is 19.0. The third kappa shape index (κ3) is 11.5. The van der Waals surface area contributed by atoms with Gasteiger partial charge in [0.05, 0.1) is 41.9 Å². The van der Waals surface area contributed by atoms with Crippen LogP contribution in [0.2, 0.25) is 0 Å². The number of benzene rings is 3. The Kier molecular flexibility index (Phi) is 15.3. The first-order chi connectivity index (χ1) is 38.4. The molecule has 3 saturated carbocycles. The van der Waals surface area contributed by atoms with Crippen molar-refractivity contribution in [3.05, 3.63) is 129 Å². The summed E-state index contributed by atoms with van der Waals surface area (Å²) in [5.41, 5.74) is 5.00. The van der Waals surface area contributed by atoms with E-state index in [1.54, 1.807) is 26.2 Å². The molecule has 0 radical (unpaired) electrons. The van der Waals surface area contributed by atoms with Gasteiger partial charge in [-0.05, 0) is 135 Å². The average Bonchev–Trinajstić information content (AvgIpc) is 4.33. The number of nitrogens with one attached hydrogen (secondary N) is 3. The summed E-state index contributed by atoms with van der Waals surface area (Å²) in [7, 11) is -1.59. The number of rotatable bonds is 18. The number of hydrogen-bond acceptors (Lipinski definition) is 15. The quantitative estimate of drug-likeness (QED) is 0.0465. The molecule has 0 bridgehead atoms. The summed E-state index contributed by atoms with van der Waals surface area (Å²) in [6, 6.07) is 23.6. The number of sulfonamides is 1. The highest BCUT2D eigenvalue weighted by molar-refractivity contribution is 7.90. The number of anilines is 2. The number of nitrogens with zero attached hydrogens (tertiary/aromatic N) is 6. The van der Waals surface area contributed by atoms with Gasteiger partial charge in [-0.2, -0.15) is 4.98 Å². The maximum Gasteiger partial charge on any atom is 0.312 e. The molecule has 2 saturated heterocycles. The topological polar surface area (TPSA) is 218 Å². The molecule has 1 spiro atoms. The molecule has 1 atom stereocenters. The molecule has 424 valence electrons. The van der Waals surface area contributed by atoms with Crippen molar-refractivity contribution in [2.45, 2.75) is 126 Å². The minimum atomic E-state index is -4.75. The van der Waals surface area contributed by atoms with E-state index < -0.39 is 42.9 Å². The second-order valence-electron chi connectivity index (χ2n) is 23.5. The van der Waals surface area contributed by atoms with Gasteiger partial charge >= 0.3 is 5.69 Å². The fourth-order valence-corrected chi connectivity index (χ4v) is 13.8. The van der Waals surface area contributed by atoms with E-state index in [4.69, 9.17) is 14.2 Å². The highest BCUT2D eigenvalue weighted by Gasteiger charge is 2.50. The molecule has 80 heavy (non-hydrogen) atoms. The Labute approximate surface area is 466 Å². The maximum absolute atomic E-state index is 15.0. The van der Waals surface area contributed by atoms with Crippen LogP contribution in [0.4, 0.5) is 21.6 Å². The van der Waals surface area contributed by atoms with E-state index in [0.717, 1.165) is 94.8 Å². The molecule has 2 aliphatic heterocycles. The maximum atomic E-state index is 15.0. The Hall–Kier alpha value is -6.87. The molecule has 11 rings (SSSR count). The molecule has 3 aromatic heterocycles. The number of piperazine rings is 1. The van der Waals surface area contributed by atoms with Gasteiger partial charge in [0.2, 0.25) is 5.82 Å². The van der Waals surface area contributed by atoms with E-state index in [2.05, 4.69) is 96.0 Å². The van der Waals surface area contributed by atoms with E-state index in [1.165, 1.54) is 54.3 Å². The molecule has 3 aliphatic carbocycles. The van der Waals surface area contributed by atoms with E-state index in [0.29, 0.717) is 50.1 Å². The molecule has 0 unspecified atom stereocenters. The standard InChI is InChI=1S/C60H72FN9O9S/c1-37(2)44-8-6-7-9-46(44)51-36-67(35-39-10-14-45(40-11-12-40)52(26-39)77-4)24-25-69(51)42-30-60(31-42)20-22-68(23-21-60)41-13-15-47(53(27-41)79-54-29-48-49(61)34-64-55(48)65-58(54)78-5)57(71)66-80(75,76)43-28-50(70(73)74)56(63-33-43)62-32-38-16-18-59(3,72)19-17-38/h6-10,13-15,26-29,33-34,37-38,40,42,51,72H,11-12,16-25,30-32,35-36H2,1-5H3,(H,62,63)(H,64,65)(H,66,71)/t38?,51-,59?/m0/s1. The zero-order chi connectivity index (χ0) is 56.1. The lowest BCUT2D eigenvalue weighted by atomic mass is 9.59. The van der Waals surface area contributed by atoms with Crippen LogP contribution in [0, 0.1) is 27.3 Å². The molecule has 5 fully saturated rings. The second kappa shape index (κ2) is 22.2. The van der Waals surface area contributed by atoms with Crippen LogP contribution in [0.15, 0.2) is 90.1 Å². The predicted octanol–water partition coefficient (Wildman–Crippen LogP) is 10.6. The number of carbonyl (C=O) groups is 1. The lowest BCUT2D eigenvalue weighted by molar-refractivity contribution is -0.384. The van der Waals surface area contributed by atoms with Crippen molar-refractivity contribution < 1.29 is 41.8 Å². The first-order valence-corrected chi connectivity index (χ1v) is 29.6. The van der Waals surface area contributed by atoms with Crippen molar-refractivity contribution in [1.29, 1.82) is 0 Å². The van der Waals surface area contributed by atoms with Crippen LogP contribution in [0.5, 0.6) is 23.1 Å². The van der Waals surface area contributed by atoms with Crippen molar-refractivity contribution in [3.63, 3.8) is 0 Å². The van der Waals surface area contributed by atoms with Gasteiger partial charge in [-0.25, -0.2) is 22.5 Å². The average molecular weight is 1110 g/mol. The molecule has 5 aliphatic rings. The minimum absolute atomic E-state index is 0.0129. The number of aromatic amines is 1. The molecule has 6 aromatic rings. The van der Waals surface area contributed by atoms with Crippen LogP contribution in [-0.4, -0.2) is 114 Å². The third-order valence-electron chi connectivity index (χ3n) is 17.7. The number of nitro groups is 1. The molecule has 20 heteroatoms. The zero-order valence-corrected chi connectivity index (χ0v) is 47.0. The van der Waals surface area contributed by atoms with Crippen molar-refractivity contribution in [3.8, 4) is 23.1 Å². The predicted molar refractivity (Wildman–Crippen MR) is 303 cm³/mol. The number of amides is 1. The summed E-state index contributed by atoms with van der Waals surface area (Å²) in [5, 5.41) is 25.7. The summed E-state index contributed by atoms with van der Waals surface area (Å²) in [4.78, 5) is 44.1. The van der Waals surface area contributed by atoms with Gasteiger partial charge < -0.3 is 34.5 Å². The smallest absolute Gasteiger partial charge is 0.312 e. The molecule has 18 nitrogen and oxygen atoms in total. The number of aromatic nitrogens is 3. The first kappa shape index (κ1) is 55.1. The number of fused-ring (bicyclic) bond motifs is 1. The fraction of sp³-hybridized carbons (Fsp3) is 0.483. The van der Waals surface area contributed by atoms with Gasteiger partial charge in [0.15, 0.2) is 5.75 Å². The van der Waals surface area contributed by atoms with E-state index in [1.807, 2.05) is 0 Å². The van der Waals surface area contributed by atoms with Crippen LogP contribution in [-0.2, 0) is 16.6 Å². The van der Waals surface area contributed by atoms with Crippen molar-refractivity contribution in [2.75, 3.05) is 63.7 Å². The van der Waals surface area contributed by atoms with Crippen LogP contribution < -0.4 is 29.1 Å². The summed E-state index contributed by atoms with van der Waals surface area (Å²) >= 11 is 0. The summed E-state index contributed by atoms with van der Waals surface area (Å²) in [6.45, 7) is 11.9. The number of ether oxygens (including phenoxy) is 3. The van der Waals surface area contributed by atoms with Crippen molar-refractivity contribution >= 4 is 44.2 Å². The van der Waals surface area contributed by atoms with Crippen LogP contribution in [0.25, 0.3) is 11.0 Å². The highest BCUT2D eigenvalue weighted by atomic mass is 32.2. The molecule has 4 N–H and O–H groups in total. The van der Waals surface area contributed by atoms with Gasteiger partial charge in [0.25, 0.3) is 21.8 Å². The normalized spacial score (nSPS) is 21.8. The number of pyridine rings is 2. The van der Waals surface area contributed by atoms with Gasteiger partial charge in [-0.15, -0.1) is 0 Å². The Morgan fingerprint density at radius 1 is 0.925 bits per heavy atom. The number of piperidine rings is 1. The highest BCUT2D eigenvalue weighted by Crippen LogP contribution is 2.54. The second-order valence-corrected chi connectivity index (χ2v) is 25.2. The zero-order valence-electron chi connectivity index (χ0n) is 46.2. The largest absolute Gasteiger partial charge is 0.496 e. The van der Waals surface area contributed by atoms with Gasteiger partial charge in [0, 0.05) is 88.0 Å². The van der Waals surface area contributed by atoms with E-state index in [9.17, 15) is 32.8 Å². The Morgan fingerprint density at radius 3 is 2.40 bits per heavy atom. The molecule has 5 heterocycles. The SMILES string of the molecule is COc1cc(CN2CCN(C3CC4(CCN(c5ccc(C(=O)NS(=O)(=O)c6cnc(NCC7CCC(C)(O)CC7)c([N+](=O)[O-])c6)c(Oc6cc7c(F)c[nH]c7nc6OC)c5)CC4)C3)[C@H](c3ccccc3C(C)C)C2)ccc1C1CC1. The molecule has 3 aromatic carbocycles. The summed E-state index contributed by atoms with van der Waals surface area (Å²) < 4.78 is 62.7. The minimum Gasteiger partial charge on any atom is -0.496 e. The number of hydrogen-bond donors (Lipinski definition) is 4. The van der Waals surface area contributed by atoms with Crippen molar-refractivity contribution in [1.82, 2.24) is 29.5 Å². The Balaban J connectivity index is 0.798. The summed E-state index contributed by atoms with van der Waals surface area (Å²) in [5.74, 6) is 0.274. The van der Waals surface area contributed by atoms with E-state index >= 15 is 0 Å². The van der Waals surface area contributed by atoms with Crippen molar-refractivity contribution in [2.24, 2.45) is 11.3 Å². The first-order valence-electron chi connectivity index (χ1n) is 28.1. The van der Waals surface area contributed by atoms with Crippen LogP contribution in [0.1, 0.15) is 135 Å². The number of aliphatic hydroxyl groups is 1. The number of carbonyl (C=O) groups excluding carboxylic acids is 1. The Bertz CT molecular complexity index is 3400.